The van der Waals surface area contributed by atoms with Crippen molar-refractivity contribution in [2.75, 3.05) is 6.54 Å². The number of nitrogens with one attached hydrogen (secondary N) is 1. The zero-order valence-corrected chi connectivity index (χ0v) is 13.7. The van der Waals surface area contributed by atoms with Gasteiger partial charge in [-0.25, -0.2) is 13.1 Å². The minimum atomic E-state index is -3.48. The van der Waals surface area contributed by atoms with Crippen LogP contribution in [-0.2, 0) is 16.4 Å². The van der Waals surface area contributed by atoms with Gasteiger partial charge in [-0.15, -0.1) is 0 Å². The van der Waals surface area contributed by atoms with Crippen LogP contribution < -0.4 is 4.72 Å². The molecule has 0 unspecified atom stereocenters. The van der Waals surface area contributed by atoms with E-state index in [0.717, 1.165) is 10.0 Å². The molecule has 0 aliphatic rings. The smallest absolute Gasteiger partial charge is 0.211 e. The molecule has 3 nitrogen and oxygen atoms in total. The third-order valence-electron chi connectivity index (χ3n) is 2.70. The summed E-state index contributed by atoms with van der Waals surface area (Å²) >= 11 is 9.14. The molecule has 0 aliphatic carbocycles. The molecule has 106 valence electrons. The van der Waals surface area contributed by atoms with Crippen molar-refractivity contribution in [2.45, 2.75) is 11.3 Å². The molecule has 6 heteroatoms. The van der Waals surface area contributed by atoms with Crippen LogP contribution in [0.4, 0.5) is 0 Å². The summed E-state index contributed by atoms with van der Waals surface area (Å²) in [7, 11) is -3.48. The lowest BCUT2D eigenvalue weighted by Crippen LogP contribution is -2.26. The molecule has 0 amide bonds. The number of rotatable bonds is 5. The largest absolute Gasteiger partial charge is 0.240 e. The molecular formula is C14H13BrClNO2S. The second kappa shape index (κ2) is 6.72. The average Bonchev–Trinajstić information content (AvgIpc) is 2.38. The molecule has 0 saturated heterocycles. The van der Waals surface area contributed by atoms with Gasteiger partial charge in [-0.1, -0.05) is 45.7 Å². The molecule has 0 fully saturated rings. The molecule has 1 N–H and O–H groups in total. The van der Waals surface area contributed by atoms with Crippen molar-refractivity contribution in [3.05, 3.63) is 63.6 Å². The van der Waals surface area contributed by atoms with Gasteiger partial charge in [0, 0.05) is 16.0 Å². The lowest BCUT2D eigenvalue weighted by molar-refractivity contribution is 0.581. The first-order chi connectivity index (χ1) is 9.47. The summed E-state index contributed by atoms with van der Waals surface area (Å²) in [6.07, 6.45) is 0.591. The average molecular weight is 375 g/mol. The van der Waals surface area contributed by atoms with Gasteiger partial charge >= 0.3 is 0 Å². The normalized spacial score (nSPS) is 11.5. The molecule has 20 heavy (non-hydrogen) atoms. The van der Waals surface area contributed by atoms with Crippen molar-refractivity contribution in [3.63, 3.8) is 0 Å². The summed E-state index contributed by atoms with van der Waals surface area (Å²) in [5, 5.41) is 0.650. The maximum Gasteiger partial charge on any atom is 0.240 e. The van der Waals surface area contributed by atoms with E-state index in [0.29, 0.717) is 18.0 Å². The zero-order valence-electron chi connectivity index (χ0n) is 10.5. The van der Waals surface area contributed by atoms with Crippen LogP contribution in [0, 0.1) is 0 Å². The van der Waals surface area contributed by atoms with E-state index in [1.165, 1.54) is 0 Å². The monoisotopic (exact) mass is 373 g/mol. The predicted octanol–water partition coefficient (Wildman–Crippen LogP) is 3.62. The van der Waals surface area contributed by atoms with Gasteiger partial charge in [-0.3, -0.25) is 0 Å². The summed E-state index contributed by atoms with van der Waals surface area (Å²) in [6.45, 7) is 0.329. The fourth-order valence-electron chi connectivity index (χ4n) is 1.74. The standard InChI is InChI=1S/C14H13BrClNO2S/c15-12-4-2-6-14(10-12)20(18,19)17-8-7-11-3-1-5-13(16)9-11/h1-6,9-10,17H,7-8H2. The third-order valence-corrected chi connectivity index (χ3v) is 4.89. The molecule has 0 saturated carbocycles. The van der Waals surface area contributed by atoms with Crippen molar-refractivity contribution >= 4 is 37.6 Å². The molecule has 0 spiro atoms. The van der Waals surface area contributed by atoms with E-state index in [1.54, 1.807) is 30.3 Å². The molecule has 0 radical (unpaired) electrons. The quantitative estimate of drug-likeness (QED) is 0.869. The molecule has 0 atom stereocenters. The van der Waals surface area contributed by atoms with Crippen LogP contribution in [0.3, 0.4) is 0 Å². The number of halogens is 2. The van der Waals surface area contributed by atoms with Gasteiger partial charge in [0.25, 0.3) is 0 Å². The summed E-state index contributed by atoms with van der Waals surface area (Å²) in [5.74, 6) is 0. The zero-order chi connectivity index (χ0) is 14.6. The summed E-state index contributed by atoms with van der Waals surface area (Å²) in [5.41, 5.74) is 0.995. The van der Waals surface area contributed by atoms with E-state index < -0.39 is 10.0 Å². The molecule has 0 bridgehead atoms. The maximum atomic E-state index is 12.1. The highest BCUT2D eigenvalue weighted by molar-refractivity contribution is 9.10. The van der Waals surface area contributed by atoms with Gasteiger partial charge < -0.3 is 0 Å². The van der Waals surface area contributed by atoms with Crippen molar-refractivity contribution in [1.82, 2.24) is 4.72 Å². The van der Waals surface area contributed by atoms with E-state index in [-0.39, 0.29) is 4.90 Å². The van der Waals surface area contributed by atoms with Crippen LogP contribution in [0.15, 0.2) is 57.9 Å². The lowest BCUT2D eigenvalue weighted by atomic mass is 10.2. The van der Waals surface area contributed by atoms with Crippen LogP contribution >= 0.6 is 27.5 Å². The third kappa shape index (κ3) is 4.31. The first kappa shape index (κ1) is 15.5. The fourth-order valence-corrected chi connectivity index (χ4v) is 3.58. The minimum Gasteiger partial charge on any atom is -0.211 e. The van der Waals surface area contributed by atoms with Crippen LogP contribution in [0.1, 0.15) is 5.56 Å². The van der Waals surface area contributed by atoms with Crippen LogP contribution in [0.2, 0.25) is 5.02 Å². The van der Waals surface area contributed by atoms with E-state index in [4.69, 9.17) is 11.6 Å². The number of benzene rings is 2. The highest BCUT2D eigenvalue weighted by Gasteiger charge is 2.13. The Morgan fingerprint density at radius 1 is 1.10 bits per heavy atom. The number of hydrogen-bond donors (Lipinski definition) is 1. The Labute approximate surface area is 132 Å². The second-order valence-electron chi connectivity index (χ2n) is 4.24. The first-order valence-electron chi connectivity index (χ1n) is 5.97. The van der Waals surface area contributed by atoms with Crippen molar-refractivity contribution in [3.8, 4) is 0 Å². The molecule has 0 aromatic heterocycles. The van der Waals surface area contributed by atoms with Gasteiger partial charge in [-0.05, 0) is 42.3 Å². The van der Waals surface area contributed by atoms with Crippen LogP contribution in [0.5, 0.6) is 0 Å². The first-order valence-corrected chi connectivity index (χ1v) is 8.62. The Bertz CT molecular complexity index is 704. The van der Waals surface area contributed by atoms with Gasteiger partial charge in [0.2, 0.25) is 10.0 Å². The van der Waals surface area contributed by atoms with Crippen LogP contribution in [-0.4, -0.2) is 15.0 Å². The van der Waals surface area contributed by atoms with E-state index in [9.17, 15) is 8.42 Å². The van der Waals surface area contributed by atoms with Crippen LogP contribution in [0.25, 0.3) is 0 Å². The van der Waals surface area contributed by atoms with E-state index >= 15 is 0 Å². The molecule has 0 heterocycles. The Balaban J connectivity index is 2.00. The molecule has 0 aliphatic heterocycles. The Hall–Kier alpha value is -0.880. The minimum absolute atomic E-state index is 0.248. The predicted molar refractivity (Wildman–Crippen MR) is 84.5 cm³/mol. The Morgan fingerprint density at radius 2 is 1.85 bits per heavy atom. The Morgan fingerprint density at radius 3 is 2.55 bits per heavy atom. The number of sulfonamides is 1. The molecule has 2 rings (SSSR count). The van der Waals surface area contributed by atoms with E-state index in [1.807, 2.05) is 18.2 Å². The van der Waals surface area contributed by atoms with Crippen molar-refractivity contribution in [1.29, 1.82) is 0 Å². The summed E-state index contributed by atoms with van der Waals surface area (Å²) < 4.78 is 27.5. The highest BCUT2D eigenvalue weighted by atomic mass is 79.9. The van der Waals surface area contributed by atoms with Gasteiger partial charge in [0.15, 0.2) is 0 Å². The summed E-state index contributed by atoms with van der Waals surface area (Å²) in [4.78, 5) is 0.248. The van der Waals surface area contributed by atoms with Gasteiger partial charge in [0.05, 0.1) is 4.90 Å². The number of hydrogen-bond acceptors (Lipinski definition) is 2. The summed E-state index contributed by atoms with van der Waals surface area (Å²) in [6, 6.07) is 14.0. The Kier molecular flexibility index (Phi) is 5.21. The van der Waals surface area contributed by atoms with Crippen molar-refractivity contribution < 1.29 is 8.42 Å². The molecule has 2 aromatic carbocycles. The van der Waals surface area contributed by atoms with Crippen molar-refractivity contribution in [2.24, 2.45) is 0 Å². The lowest BCUT2D eigenvalue weighted by Gasteiger charge is -2.07. The highest BCUT2D eigenvalue weighted by Crippen LogP contribution is 2.16. The van der Waals surface area contributed by atoms with Gasteiger partial charge in [-0.2, -0.15) is 0 Å². The molecular weight excluding hydrogens is 362 g/mol. The fraction of sp³-hybridized carbons (Fsp3) is 0.143. The topological polar surface area (TPSA) is 46.2 Å². The molecule has 2 aromatic rings. The van der Waals surface area contributed by atoms with E-state index in [2.05, 4.69) is 20.7 Å². The second-order valence-corrected chi connectivity index (χ2v) is 7.35. The van der Waals surface area contributed by atoms with Gasteiger partial charge in [0.1, 0.15) is 0 Å². The SMILES string of the molecule is O=S(=O)(NCCc1cccc(Cl)c1)c1cccc(Br)c1. The maximum absolute atomic E-state index is 12.1.